The third-order valence-corrected chi connectivity index (χ3v) is 5.71. The quantitative estimate of drug-likeness (QED) is 0.277. The molecule has 8 heteroatoms. The highest BCUT2D eigenvalue weighted by molar-refractivity contribution is 5.71. The molecule has 36 heavy (non-hydrogen) atoms. The molecule has 0 radical (unpaired) electrons. The number of halogens is 3. The van der Waals surface area contributed by atoms with Crippen LogP contribution in [0.4, 0.5) is 13.2 Å². The minimum Gasteiger partial charge on any atom is -0.489 e. The second-order valence-electron chi connectivity index (χ2n) is 8.65. The van der Waals surface area contributed by atoms with Gasteiger partial charge in [-0.1, -0.05) is 73.6 Å². The molecule has 5 nitrogen and oxygen atoms in total. The SMILES string of the molecule is CC(C)c1onc(-c2ccccc2C(F)(F)F)c1COc1ccc(-c2ccc(CC(=O)O)cc2)cc1. The van der Waals surface area contributed by atoms with E-state index in [1.807, 2.05) is 38.1 Å². The standard InChI is InChI=1S/C28H24F3NO4/c1-17(2)27-23(26(32-36-27)22-5-3-4-6-24(22)28(29,30)31)16-35-21-13-11-20(12-14-21)19-9-7-18(8-10-19)15-25(33)34/h3-14,17H,15-16H2,1-2H3,(H,33,34). The molecular weight excluding hydrogens is 471 g/mol. The van der Waals surface area contributed by atoms with Crippen molar-refractivity contribution in [3.8, 4) is 28.1 Å². The highest BCUT2D eigenvalue weighted by Gasteiger charge is 2.35. The zero-order valence-corrected chi connectivity index (χ0v) is 19.7. The first-order valence-corrected chi connectivity index (χ1v) is 11.3. The van der Waals surface area contributed by atoms with E-state index in [2.05, 4.69) is 5.16 Å². The molecule has 0 saturated carbocycles. The lowest BCUT2D eigenvalue weighted by Gasteiger charge is -2.13. The molecule has 0 bridgehead atoms. The molecule has 0 aliphatic heterocycles. The Hall–Kier alpha value is -4.07. The summed E-state index contributed by atoms with van der Waals surface area (Å²) < 4.78 is 52.2. The molecule has 1 heterocycles. The van der Waals surface area contributed by atoms with Crippen LogP contribution in [0.15, 0.2) is 77.3 Å². The van der Waals surface area contributed by atoms with E-state index in [0.29, 0.717) is 22.6 Å². The van der Waals surface area contributed by atoms with Gasteiger partial charge in [0.25, 0.3) is 0 Å². The largest absolute Gasteiger partial charge is 0.489 e. The number of aromatic nitrogens is 1. The number of hydrogen-bond donors (Lipinski definition) is 1. The van der Waals surface area contributed by atoms with Gasteiger partial charge in [-0.05, 0) is 34.9 Å². The number of benzene rings is 3. The van der Waals surface area contributed by atoms with Gasteiger partial charge in [-0.3, -0.25) is 4.79 Å². The van der Waals surface area contributed by atoms with E-state index in [4.69, 9.17) is 14.4 Å². The van der Waals surface area contributed by atoms with Crippen LogP contribution in [0.1, 0.15) is 42.2 Å². The van der Waals surface area contributed by atoms with Crippen molar-refractivity contribution in [1.29, 1.82) is 0 Å². The fourth-order valence-corrected chi connectivity index (χ4v) is 3.95. The lowest BCUT2D eigenvalue weighted by atomic mass is 9.98. The average molecular weight is 495 g/mol. The summed E-state index contributed by atoms with van der Waals surface area (Å²) in [7, 11) is 0. The van der Waals surface area contributed by atoms with Crippen molar-refractivity contribution in [1.82, 2.24) is 5.16 Å². The topological polar surface area (TPSA) is 72.6 Å². The Morgan fingerprint density at radius 1 is 0.972 bits per heavy atom. The zero-order valence-electron chi connectivity index (χ0n) is 19.7. The Morgan fingerprint density at radius 2 is 1.58 bits per heavy atom. The lowest BCUT2D eigenvalue weighted by molar-refractivity contribution is -0.137. The van der Waals surface area contributed by atoms with E-state index in [1.165, 1.54) is 18.2 Å². The molecule has 4 aromatic rings. The fraction of sp³-hybridized carbons (Fsp3) is 0.214. The van der Waals surface area contributed by atoms with Crippen LogP contribution in [0.25, 0.3) is 22.4 Å². The first kappa shape index (κ1) is 25.0. The molecule has 1 N–H and O–H groups in total. The number of nitrogens with zero attached hydrogens (tertiary/aromatic N) is 1. The molecule has 186 valence electrons. The van der Waals surface area contributed by atoms with Gasteiger partial charge >= 0.3 is 12.1 Å². The second-order valence-corrected chi connectivity index (χ2v) is 8.65. The second kappa shape index (κ2) is 10.3. The molecule has 0 fully saturated rings. The van der Waals surface area contributed by atoms with Crippen molar-refractivity contribution in [2.24, 2.45) is 0 Å². The summed E-state index contributed by atoms with van der Waals surface area (Å²) >= 11 is 0. The predicted molar refractivity (Wildman–Crippen MR) is 129 cm³/mol. The lowest BCUT2D eigenvalue weighted by Crippen LogP contribution is -2.08. The predicted octanol–water partition coefficient (Wildman–Crippen LogP) is 7.36. The van der Waals surface area contributed by atoms with Crippen molar-refractivity contribution in [3.63, 3.8) is 0 Å². The molecule has 0 unspecified atom stereocenters. The van der Waals surface area contributed by atoms with Gasteiger partial charge in [0.1, 0.15) is 23.8 Å². The Balaban J connectivity index is 1.56. The maximum atomic E-state index is 13.6. The number of hydrogen-bond acceptors (Lipinski definition) is 4. The number of carboxylic acids is 1. The molecule has 4 rings (SSSR count). The molecule has 3 aromatic carbocycles. The molecule has 0 amide bonds. The monoisotopic (exact) mass is 495 g/mol. The van der Waals surface area contributed by atoms with Crippen LogP contribution in [0.3, 0.4) is 0 Å². The first-order chi connectivity index (χ1) is 17.1. The summed E-state index contributed by atoms with van der Waals surface area (Å²) in [5.74, 6) is 0.0179. The van der Waals surface area contributed by atoms with Crippen molar-refractivity contribution >= 4 is 5.97 Å². The van der Waals surface area contributed by atoms with Crippen LogP contribution < -0.4 is 4.74 Å². The highest BCUT2D eigenvalue weighted by atomic mass is 19.4. The molecular formula is C28H24F3NO4. The van der Waals surface area contributed by atoms with E-state index in [-0.39, 0.29) is 30.2 Å². The number of ether oxygens (including phenoxy) is 1. The molecule has 0 atom stereocenters. The van der Waals surface area contributed by atoms with E-state index in [1.54, 1.807) is 24.3 Å². The van der Waals surface area contributed by atoms with Crippen LogP contribution in [0, 0.1) is 0 Å². The molecule has 0 spiro atoms. The van der Waals surface area contributed by atoms with Gasteiger partial charge in [0, 0.05) is 11.5 Å². The van der Waals surface area contributed by atoms with Gasteiger partial charge in [-0.25, -0.2) is 0 Å². The number of carboxylic acid groups (broad SMARTS) is 1. The van der Waals surface area contributed by atoms with Crippen LogP contribution in [-0.4, -0.2) is 16.2 Å². The average Bonchev–Trinajstić information content (AvgIpc) is 3.27. The van der Waals surface area contributed by atoms with Crippen LogP contribution in [-0.2, 0) is 24.0 Å². The minimum absolute atomic E-state index is 0.0121. The minimum atomic E-state index is -4.53. The smallest absolute Gasteiger partial charge is 0.417 e. The summed E-state index contributed by atoms with van der Waals surface area (Å²) in [4.78, 5) is 10.9. The normalized spacial score (nSPS) is 11.6. The van der Waals surface area contributed by atoms with Gasteiger partial charge in [0.2, 0.25) is 0 Å². The maximum absolute atomic E-state index is 13.6. The van der Waals surface area contributed by atoms with Gasteiger partial charge < -0.3 is 14.4 Å². The number of carbonyl (C=O) groups is 1. The summed E-state index contributed by atoms with van der Waals surface area (Å²) in [6, 6.07) is 19.8. The van der Waals surface area contributed by atoms with Crippen molar-refractivity contribution < 1.29 is 32.3 Å². The summed E-state index contributed by atoms with van der Waals surface area (Å²) in [5, 5.41) is 12.9. The van der Waals surface area contributed by atoms with Gasteiger partial charge in [-0.2, -0.15) is 13.2 Å². The molecule has 0 aliphatic carbocycles. The van der Waals surface area contributed by atoms with Gasteiger partial charge in [-0.15, -0.1) is 0 Å². The highest BCUT2D eigenvalue weighted by Crippen LogP contribution is 2.39. The van der Waals surface area contributed by atoms with Crippen LogP contribution in [0.2, 0.25) is 0 Å². The first-order valence-electron chi connectivity index (χ1n) is 11.3. The van der Waals surface area contributed by atoms with Crippen molar-refractivity contribution in [2.45, 2.75) is 39.0 Å². The Labute approximate surface area is 206 Å². The molecule has 0 saturated heterocycles. The third kappa shape index (κ3) is 5.59. The zero-order chi connectivity index (χ0) is 25.9. The Morgan fingerprint density at radius 3 is 2.17 bits per heavy atom. The molecule has 0 aliphatic rings. The van der Waals surface area contributed by atoms with E-state index in [0.717, 1.165) is 17.2 Å². The molecule has 1 aromatic heterocycles. The van der Waals surface area contributed by atoms with Crippen molar-refractivity contribution in [3.05, 3.63) is 95.2 Å². The fourth-order valence-electron chi connectivity index (χ4n) is 3.95. The maximum Gasteiger partial charge on any atom is 0.417 e. The van der Waals surface area contributed by atoms with E-state index in [9.17, 15) is 18.0 Å². The number of aliphatic carboxylic acids is 1. The summed E-state index contributed by atoms with van der Waals surface area (Å²) in [6.07, 6.45) is -4.57. The van der Waals surface area contributed by atoms with E-state index >= 15 is 0 Å². The van der Waals surface area contributed by atoms with Crippen LogP contribution >= 0.6 is 0 Å². The number of rotatable bonds is 8. The van der Waals surface area contributed by atoms with E-state index < -0.39 is 17.7 Å². The van der Waals surface area contributed by atoms with Gasteiger partial charge in [0.05, 0.1) is 17.5 Å². The van der Waals surface area contributed by atoms with Gasteiger partial charge in [0.15, 0.2) is 0 Å². The summed E-state index contributed by atoms with van der Waals surface area (Å²) in [6.45, 7) is 3.74. The Bertz CT molecular complexity index is 1340. The van der Waals surface area contributed by atoms with Crippen LogP contribution in [0.5, 0.6) is 5.75 Å². The summed E-state index contributed by atoms with van der Waals surface area (Å²) in [5.41, 5.74) is 2.29. The van der Waals surface area contributed by atoms with Crippen molar-refractivity contribution in [2.75, 3.05) is 0 Å². The Kier molecular flexibility index (Phi) is 7.15. The third-order valence-electron chi connectivity index (χ3n) is 5.71. The number of alkyl halides is 3.